The van der Waals surface area contributed by atoms with Crippen molar-refractivity contribution in [2.45, 2.75) is 6.92 Å². The second-order valence-corrected chi connectivity index (χ2v) is 13.6. The first-order chi connectivity index (χ1) is 26.6. The summed E-state index contributed by atoms with van der Waals surface area (Å²) in [6.07, 6.45) is 4.27. The Hall–Kier alpha value is -6.96. The molecule has 0 aliphatic carbocycles. The molecule has 0 N–H and O–H groups in total. The molecule has 0 saturated carbocycles. The molecule has 0 saturated heterocycles. The van der Waals surface area contributed by atoms with Gasteiger partial charge in [-0.05, 0) is 116 Å². The fourth-order valence-corrected chi connectivity index (χ4v) is 7.04. The van der Waals surface area contributed by atoms with Crippen molar-refractivity contribution in [1.29, 1.82) is 0 Å². The van der Waals surface area contributed by atoms with Gasteiger partial charge in [0.05, 0.1) is 0 Å². The Morgan fingerprint density at radius 1 is 0.407 bits per heavy atom. The summed E-state index contributed by atoms with van der Waals surface area (Å²) in [5, 5.41) is 0. The zero-order chi connectivity index (χ0) is 36.7. The van der Waals surface area contributed by atoms with Crippen molar-refractivity contribution >= 4 is 28.7 Å². The summed E-state index contributed by atoms with van der Waals surface area (Å²) in [6.45, 7) is 6.58. The third-order valence-corrected chi connectivity index (χ3v) is 10.0. The van der Waals surface area contributed by atoms with Crippen LogP contribution in [0.1, 0.15) is 16.7 Å². The molecule has 0 radical (unpaired) electrons. The number of benzene rings is 8. The molecule has 0 aliphatic heterocycles. The molecule has 0 amide bonds. The average Bonchev–Trinajstić information content (AvgIpc) is 3.25. The molecule has 258 valence electrons. The van der Waals surface area contributed by atoms with Gasteiger partial charge in [0.25, 0.3) is 0 Å². The molecule has 0 unspecified atom stereocenters. The van der Waals surface area contributed by atoms with E-state index in [1.807, 2.05) is 0 Å². The first-order valence-corrected chi connectivity index (χ1v) is 18.4. The third kappa shape index (κ3) is 7.48. The van der Waals surface area contributed by atoms with Crippen LogP contribution in [0.2, 0.25) is 0 Å². The van der Waals surface area contributed by atoms with Gasteiger partial charge in [-0.25, -0.2) is 0 Å². The van der Waals surface area contributed by atoms with Crippen molar-refractivity contribution < 1.29 is 0 Å². The summed E-state index contributed by atoms with van der Waals surface area (Å²) in [7, 11) is 0. The lowest BCUT2D eigenvalue weighted by molar-refractivity contribution is 1.28. The van der Waals surface area contributed by atoms with Gasteiger partial charge in [-0.15, -0.1) is 0 Å². The van der Waals surface area contributed by atoms with Crippen LogP contribution >= 0.6 is 0 Å². The molecule has 0 heterocycles. The van der Waals surface area contributed by atoms with Gasteiger partial charge < -0.3 is 4.90 Å². The summed E-state index contributed by atoms with van der Waals surface area (Å²) >= 11 is 0. The van der Waals surface area contributed by atoms with Crippen LogP contribution in [0, 0.1) is 6.92 Å². The van der Waals surface area contributed by atoms with E-state index in [4.69, 9.17) is 0 Å². The molecule has 0 spiro atoms. The highest BCUT2D eigenvalue weighted by atomic mass is 15.1. The summed E-state index contributed by atoms with van der Waals surface area (Å²) in [5.74, 6) is 0. The standard InChI is InChI=1S/C53H41N/c1-39-15-12-13-16-41(39)26-25-40(2)47-23-14-24-48(37-47)52-36-35-51(38-53(52)46-21-10-5-11-22-46)54(49-31-27-44(28-32-49)42-17-6-3-7-18-42)50-33-29-45(30-34-50)43-19-8-4-9-20-43/h3-38H,2H2,1H3/b26-25-. The van der Waals surface area contributed by atoms with Gasteiger partial charge in [-0.2, -0.15) is 0 Å². The predicted molar refractivity (Wildman–Crippen MR) is 232 cm³/mol. The second kappa shape index (κ2) is 15.7. The number of anilines is 3. The molecule has 0 fully saturated rings. The first kappa shape index (κ1) is 34.1. The van der Waals surface area contributed by atoms with Gasteiger partial charge in [0.1, 0.15) is 0 Å². The lowest BCUT2D eigenvalue weighted by atomic mass is 9.91. The summed E-state index contributed by atoms with van der Waals surface area (Å²) in [5.41, 5.74) is 17.2. The largest absolute Gasteiger partial charge is 0.310 e. The highest BCUT2D eigenvalue weighted by molar-refractivity contribution is 5.90. The highest BCUT2D eigenvalue weighted by Crippen LogP contribution is 2.42. The quantitative estimate of drug-likeness (QED) is 0.129. The van der Waals surface area contributed by atoms with Gasteiger partial charge in [-0.3, -0.25) is 0 Å². The molecule has 8 aromatic carbocycles. The van der Waals surface area contributed by atoms with Crippen molar-refractivity contribution in [3.8, 4) is 44.5 Å². The molecule has 0 atom stereocenters. The SMILES string of the molecule is C=C(/C=C\c1ccccc1C)c1cccc(-c2ccc(N(c3ccc(-c4ccccc4)cc3)c3ccc(-c4ccccc4)cc3)cc2-c2ccccc2)c1. The van der Waals surface area contributed by atoms with Crippen molar-refractivity contribution in [3.05, 3.63) is 236 Å². The summed E-state index contributed by atoms with van der Waals surface area (Å²) in [6, 6.07) is 73.6. The van der Waals surface area contributed by atoms with E-state index in [-0.39, 0.29) is 0 Å². The van der Waals surface area contributed by atoms with Crippen LogP contribution in [-0.4, -0.2) is 0 Å². The van der Waals surface area contributed by atoms with E-state index >= 15 is 0 Å². The molecular formula is C53H41N. The average molecular weight is 692 g/mol. The molecular weight excluding hydrogens is 651 g/mol. The summed E-state index contributed by atoms with van der Waals surface area (Å²) in [4.78, 5) is 2.36. The first-order valence-electron chi connectivity index (χ1n) is 18.4. The minimum Gasteiger partial charge on any atom is -0.310 e. The Morgan fingerprint density at radius 2 is 0.889 bits per heavy atom. The van der Waals surface area contributed by atoms with Gasteiger partial charge >= 0.3 is 0 Å². The second-order valence-electron chi connectivity index (χ2n) is 13.6. The van der Waals surface area contributed by atoms with Crippen LogP contribution in [-0.2, 0) is 0 Å². The van der Waals surface area contributed by atoms with E-state index in [1.165, 1.54) is 38.9 Å². The van der Waals surface area contributed by atoms with Crippen LogP contribution in [0.3, 0.4) is 0 Å². The normalized spacial score (nSPS) is 11.1. The number of aryl methyl sites for hydroxylation is 1. The minimum atomic E-state index is 0.974. The van der Waals surface area contributed by atoms with Gasteiger partial charge in [-0.1, -0.05) is 183 Å². The zero-order valence-electron chi connectivity index (χ0n) is 30.4. The molecule has 0 aromatic heterocycles. The van der Waals surface area contributed by atoms with E-state index in [9.17, 15) is 0 Å². The Kier molecular flexibility index (Phi) is 9.95. The molecule has 54 heavy (non-hydrogen) atoms. The lowest BCUT2D eigenvalue weighted by Crippen LogP contribution is -2.10. The molecule has 1 nitrogen and oxygen atoms in total. The van der Waals surface area contributed by atoms with Crippen molar-refractivity contribution in [3.63, 3.8) is 0 Å². The number of allylic oxidation sites excluding steroid dienone is 2. The highest BCUT2D eigenvalue weighted by Gasteiger charge is 2.17. The molecule has 0 bridgehead atoms. The van der Waals surface area contributed by atoms with E-state index in [2.05, 4.69) is 237 Å². The Balaban J connectivity index is 1.21. The summed E-state index contributed by atoms with van der Waals surface area (Å²) < 4.78 is 0. The zero-order valence-corrected chi connectivity index (χ0v) is 30.4. The molecule has 1 heteroatoms. The van der Waals surface area contributed by atoms with Crippen molar-refractivity contribution in [2.75, 3.05) is 4.90 Å². The Morgan fingerprint density at radius 3 is 1.46 bits per heavy atom. The molecule has 0 aliphatic rings. The van der Waals surface area contributed by atoms with Gasteiger partial charge in [0, 0.05) is 17.1 Å². The maximum absolute atomic E-state index is 4.45. The van der Waals surface area contributed by atoms with Crippen LogP contribution < -0.4 is 4.90 Å². The predicted octanol–water partition coefficient (Wildman–Crippen LogP) is 14.9. The third-order valence-electron chi connectivity index (χ3n) is 10.0. The van der Waals surface area contributed by atoms with Crippen LogP contribution in [0.25, 0.3) is 56.2 Å². The smallest absolute Gasteiger partial charge is 0.0468 e. The number of hydrogen-bond donors (Lipinski definition) is 0. The topological polar surface area (TPSA) is 3.24 Å². The lowest BCUT2D eigenvalue weighted by Gasteiger charge is -2.27. The Bertz CT molecular complexity index is 2450. The van der Waals surface area contributed by atoms with Crippen LogP contribution in [0.4, 0.5) is 17.1 Å². The van der Waals surface area contributed by atoms with Crippen molar-refractivity contribution in [1.82, 2.24) is 0 Å². The van der Waals surface area contributed by atoms with Crippen molar-refractivity contribution in [2.24, 2.45) is 0 Å². The van der Waals surface area contributed by atoms with Crippen LogP contribution in [0.5, 0.6) is 0 Å². The fourth-order valence-electron chi connectivity index (χ4n) is 7.04. The Labute approximate surface area is 319 Å². The fraction of sp³-hybridized carbons (Fsp3) is 0.0189. The maximum Gasteiger partial charge on any atom is 0.0468 e. The monoisotopic (exact) mass is 691 g/mol. The molecule has 8 aromatic rings. The van der Waals surface area contributed by atoms with E-state index < -0.39 is 0 Å². The van der Waals surface area contributed by atoms with E-state index in [0.717, 1.165) is 44.9 Å². The van der Waals surface area contributed by atoms with Gasteiger partial charge in [0.15, 0.2) is 0 Å². The maximum atomic E-state index is 4.45. The molecule has 8 rings (SSSR count). The number of nitrogens with zero attached hydrogens (tertiary/aromatic N) is 1. The van der Waals surface area contributed by atoms with E-state index in [1.54, 1.807) is 0 Å². The number of rotatable bonds is 10. The van der Waals surface area contributed by atoms with E-state index in [0.29, 0.717) is 0 Å². The van der Waals surface area contributed by atoms with Crippen LogP contribution in [0.15, 0.2) is 219 Å². The van der Waals surface area contributed by atoms with Gasteiger partial charge in [0.2, 0.25) is 0 Å². The number of hydrogen-bond acceptors (Lipinski definition) is 1. The minimum absolute atomic E-state index is 0.974.